The van der Waals surface area contributed by atoms with Crippen molar-refractivity contribution in [2.75, 3.05) is 20.3 Å². The van der Waals surface area contributed by atoms with E-state index in [2.05, 4.69) is 40.0 Å². The van der Waals surface area contributed by atoms with Gasteiger partial charge < -0.3 is 14.8 Å². The van der Waals surface area contributed by atoms with Crippen molar-refractivity contribution in [2.24, 2.45) is 16.8 Å². The van der Waals surface area contributed by atoms with Crippen LogP contribution < -0.4 is 5.32 Å². The molecule has 0 aliphatic heterocycles. The number of nitrogens with one attached hydrogen (secondary N) is 2. The van der Waals surface area contributed by atoms with Gasteiger partial charge >= 0.3 is 5.97 Å². The van der Waals surface area contributed by atoms with Crippen molar-refractivity contribution in [1.29, 1.82) is 5.26 Å². The van der Waals surface area contributed by atoms with Crippen molar-refractivity contribution in [3.8, 4) is 6.07 Å². The van der Waals surface area contributed by atoms with Gasteiger partial charge in [0.15, 0.2) is 5.90 Å². The van der Waals surface area contributed by atoms with E-state index in [1.54, 1.807) is 7.11 Å². The lowest BCUT2D eigenvalue weighted by Gasteiger charge is -2.23. The summed E-state index contributed by atoms with van der Waals surface area (Å²) >= 11 is 0. The average molecular weight is 456 g/mol. The second-order valence-electron chi connectivity index (χ2n) is 8.57. The van der Waals surface area contributed by atoms with Crippen LogP contribution in [0.2, 0.25) is 0 Å². The predicted octanol–water partition coefficient (Wildman–Crippen LogP) is 4.73. The lowest BCUT2D eigenvalue weighted by atomic mass is 9.97. The number of allylic oxidation sites excluding steroid dienone is 1. The van der Waals surface area contributed by atoms with Gasteiger partial charge in [0.25, 0.3) is 0 Å². The molecule has 0 radical (unpaired) electrons. The number of aromatic nitrogens is 2. The van der Waals surface area contributed by atoms with Crippen LogP contribution >= 0.6 is 0 Å². The third-order valence-corrected chi connectivity index (χ3v) is 5.60. The number of nitrogens with zero attached hydrogens (tertiary/aromatic N) is 3. The fraction of sp³-hybridized carbons (Fsp3) is 0.560. The molecule has 0 aliphatic carbocycles. The third-order valence-electron chi connectivity index (χ3n) is 5.60. The summed E-state index contributed by atoms with van der Waals surface area (Å²) in [6, 6.07) is 7.89. The summed E-state index contributed by atoms with van der Waals surface area (Å²) in [5, 5.41) is 16.1. The zero-order chi connectivity index (χ0) is 24.2. The largest absolute Gasteiger partial charge is 0.484 e. The molecule has 1 unspecified atom stereocenters. The molecule has 8 nitrogen and oxygen atoms in total. The Balaban J connectivity index is 1.95. The molecule has 0 aliphatic rings. The standard InChI is InChI=1S/C25H37N5O3/c1-18(2)24(16-28-19(3)32-5)27-12-6-8-21(9-7-13-33-20(4)31)17-30-25-14-22(15-26)10-11-23(25)29-30/h10-11,14,16,18,21,27,29H,6-9,12-13,17H2,1-5H3/b24-16+,28-19?. The van der Waals surface area contributed by atoms with Crippen LogP contribution in [0.25, 0.3) is 11.0 Å². The number of hydrogen-bond acceptors (Lipinski definition) is 6. The fourth-order valence-electron chi connectivity index (χ4n) is 3.62. The molecule has 0 bridgehead atoms. The number of nitriles is 1. The summed E-state index contributed by atoms with van der Waals surface area (Å²) in [5.41, 5.74) is 3.86. The van der Waals surface area contributed by atoms with E-state index in [1.165, 1.54) is 6.92 Å². The molecule has 180 valence electrons. The minimum Gasteiger partial charge on any atom is -0.484 e. The van der Waals surface area contributed by atoms with Crippen LogP contribution in [0, 0.1) is 23.2 Å². The minimum absolute atomic E-state index is 0.238. The first-order valence-corrected chi connectivity index (χ1v) is 11.6. The number of carbonyl (C=O) groups excluding carboxylic acids is 1. The minimum atomic E-state index is -0.238. The molecule has 1 aromatic carbocycles. The maximum Gasteiger partial charge on any atom is 0.302 e. The van der Waals surface area contributed by atoms with Gasteiger partial charge in [-0.15, -0.1) is 0 Å². The van der Waals surface area contributed by atoms with Crippen LogP contribution in [0.1, 0.15) is 58.9 Å². The van der Waals surface area contributed by atoms with Crippen LogP contribution in [-0.2, 0) is 20.8 Å². The monoisotopic (exact) mass is 455 g/mol. The second kappa shape index (κ2) is 13.4. The molecule has 1 atom stereocenters. The van der Waals surface area contributed by atoms with Gasteiger partial charge in [0, 0.05) is 38.8 Å². The number of fused-ring (bicyclic) bond motifs is 1. The van der Waals surface area contributed by atoms with Gasteiger partial charge in [-0.3, -0.25) is 14.6 Å². The molecular weight excluding hydrogens is 418 g/mol. The van der Waals surface area contributed by atoms with E-state index in [9.17, 15) is 10.1 Å². The molecule has 1 heterocycles. The highest BCUT2D eigenvalue weighted by Crippen LogP contribution is 2.22. The molecule has 2 N–H and O–H groups in total. The number of esters is 1. The van der Waals surface area contributed by atoms with Crippen LogP contribution in [0.15, 0.2) is 35.1 Å². The van der Waals surface area contributed by atoms with E-state index in [-0.39, 0.29) is 5.97 Å². The van der Waals surface area contributed by atoms with Gasteiger partial charge in [-0.25, -0.2) is 4.99 Å². The molecule has 0 amide bonds. The van der Waals surface area contributed by atoms with Crippen molar-refractivity contribution >= 4 is 22.9 Å². The van der Waals surface area contributed by atoms with Crippen molar-refractivity contribution < 1.29 is 14.3 Å². The maximum atomic E-state index is 11.1. The lowest BCUT2D eigenvalue weighted by Crippen LogP contribution is -2.22. The molecule has 2 aromatic rings. The van der Waals surface area contributed by atoms with E-state index in [0.717, 1.165) is 55.5 Å². The second-order valence-corrected chi connectivity index (χ2v) is 8.57. The Kier molecular flexibility index (Phi) is 10.5. The molecular formula is C25H37N5O3. The van der Waals surface area contributed by atoms with Crippen molar-refractivity contribution in [2.45, 2.75) is 59.9 Å². The van der Waals surface area contributed by atoms with Gasteiger partial charge in [-0.2, -0.15) is 5.26 Å². The number of methoxy groups -OCH3 is 1. The van der Waals surface area contributed by atoms with Gasteiger partial charge in [-0.1, -0.05) is 13.8 Å². The number of ether oxygens (including phenoxy) is 2. The lowest BCUT2D eigenvalue weighted by molar-refractivity contribution is -0.141. The SMILES string of the molecule is COC(C)=N/C=C(/NCCCC(CCCOC(C)=O)Cn1[nH]c2ccc(C#N)cc21)C(C)C. The molecule has 2 rings (SSSR count). The van der Waals surface area contributed by atoms with Crippen LogP contribution in [0.3, 0.4) is 0 Å². The van der Waals surface area contributed by atoms with Crippen LogP contribution in [-0.4, -0.2) is 41.9 Å². The zero-order valence-electron chi connectivity index (χ0n) is 20.5. The summed E-state index contributed by atoms with van der Waals surface area (Å²) < 4.78 is 12.3. The number of hydrogen-bond donors (Lipinski definition) is 2. The van der Waals surface area contributed by atoms with Gasteiger partial charge in [-0.05, 0) is 55.7 Å². The van der Waals surface area contributed by atoms with E-state index in [1.807, 2.05) is 31.3 Å². The van der Waals surface area contributed by atoms with Gasteiger partial charge in [0.05, 0.1) is 36.4 Å². The highest BCUT2D eigenvalue weighted by atomic mass is 16.5. The van der Waals surface area contributed by atoms with E-state index < -0.39 is 0 Å². The molecule has 0 fully saturated rings. The molecule has 0 spiro atoms. The van der Waals surface area contributed by atoms with Crippen LogP contribution in [0.5, 0.6) is 0 Å². The number of aromatic amines is 1. The number of aliphatic imine (C=N–C) groups is 1. The quantitative estimate of drug-likeness (QED) is 0.197. The Morgan fingerprint density at radius 1 is 1.30 bits per heavy atom. The first-order chi connectivity index (χ1) is 15.8. The molecule has 33 heavy (non-hydrogen) atoms. The number of rotatable bonds is 13. The summed E-state index contributed by atoms with van der Waals surface area (Å²) in [7, 11) is 1.61. The number of carbonyl (C=O) groups is 1. The first kappa shape index (κ1) is 26.0. The Bertz CT molecular complexity index is 994. The predicted molar refractivity (Wildman–Crippen MR) is 131 cm³/mol. The van der Waals surface area contributed by atoms with E-state index in [4.69, 9.17) is 9.47 Å². The van der Waals surface area contributed by atoms with Crippen molar-refractivity contribution in [3.05, 3.63) is 35.7 Å². The Morgan fingerprint density at radius 3 is 2.73 bits per heavy atom. The summed E-state index contributed by atoms with van der Waals surface area (Å²) in [4.78, 5) is 15.4. The van der Waals surface area contributed by atoms with Crippen molar-refractivity contribution in [1.82, 2.24) is 15.1 Å². The third kappa shape index (κ3) is 8.68. The topological polar surface area (TPSA) is 104 Å². The Hall–Kier alpha value is -3.21. The number of H-pyrrole nitrogens is 1. The molecule has 0 saturated heterocycles. The summed E-state index contributed by atoms with van der Waals surface area (Å²) in [5.74, 6) is 1.16. The highest BCUT2D eigenvalue weighted by Gasteiger charge is 2.14. The smallest absolute Gasteiger partial charge is 0.302 e. The van der Waals surface area contributed by atoms with Crippen LogP contribution in [0.4, 0.5) is 0 Å². The Morgan fingerprint density at radius 2 is 2.06 bits per heavy atom. The average Bonchev–Trinajstić information content (AvgIpc) is 2.78. The van der Waals surface area contributed by atoms with Gasteiger partial charge in [0.2, 0.25) is 0 Å². The van der Waals surface area contributed by atoms with Crippen molar-refractivity contribution in [3.63, 3.8) is 0 Å². The maximum absolute atomic E-state index is 11.1. The summed E-state index contributed by atoms with van der Waals surface area (Å²) in [6.45, 7) is 9.68. The van der Waals surface area contributed by atoms with E-state index >= 15 is 0 Å². The Labute approximate surface area is 196 Å². The fourth-order valence-corrected chi connectivity index (χ4v) is 3.62. The summed E-state index contributed by atoms with van der Waals surface area (Å²) in [6.07, 6.45) is 5.67. The first-order valence-electron chi connectivity index (χ1n) is 11.6. The van der Waals surface area contributed by atoms with E-state index in [0.29, 0.717) is 29.9 Å². The number of benzene rings is 1. The zero-order valence-corrected chi connectivity index (χ0v) is 20.5. The molecule has 0 saturated carbocycles. The highest BCUT2D eigenvalue weighted by molar-refractivity contribution is 5.78. The molecule has 8 heteroatoms. The van der Waals surface area contributed by atoms with Gasteiger partial charge in [0.1, 0.15) is 0 Å². The molecule has 1 aromatic heterocycles. The normalized spacial score (nSPS) is 13.2.